The minimum atomic E-state index is -0.975. The van der Waals surface area contributed by atoms with Gasteiger partial charge in [0.2, 0.25) is 17.7 Å². The van der Waals surface area contributed by atoms with Crippen LogP contribution < -0.4 is 15.4 Å². The van der Waals surface area contributed by atoms with Gasteiger partial charge in [0.15, 0.2) is 5.78 Å². The molecule has 2 fully saturated rings. The van der Waals surface area contributed by atoms with Gasteiger partial charge in [-0.25, -0.2) is 9.97 Å². The van der Waals surface area contributed by atoms with Gasteiger partial charge in [-0.3, -0.25) is 34.2 Å². The number of ketones is 1. The molecule has 266 valence electrons. The third-order valence-electron chi connectivity index (χ3n) is 10.9. The maximum Gasteiger partial charge on any atom is 0.262 e. The number of hydrogen-bond acceptors (Lipinski definition) is 9. The van der Waals surface area contributed by atoms with Crippen molar-refractivity contribution in [1.29, 1.82) is 0 Å². The number of imide groups is 2. The molecule has 2 N–H and O–H groups in total. The van der Waals surface area contributed by atoms with E-state index in [0.717, 1.165) is 42.7 Å². The van der Waals surface area contributed by atoms with Crippen molar-refractivity contribution in [1.82, 2.24) is 20.2 Å². The Morgan fingerprint density at radius 2 is 1.56 bits per heavy atom. The molecule has 52 heavy (non-hydrogen) atoms. The van der Waals surface area contributed by atoms with Crippen LogP contribution in [-0.4, -0.2) is 56.4 Å². The molecule has 11 heteroatoms. The Bertz CT molecular complexity index is 2030. The van der Waals surface area contributed by atoms with Gasteiger partial charge in [-0.15, -0.1) is 0 Å². The topological polar surface area (TPSA) is 148 Å². The first-order valence-electron chi connectivity index (χ1n) is 17.9. The fourth-order valence-electron chi connectivity index (χ4n) is 7.86. The quantitative estimate of drug-likeness (QED) is 0.126. The molecule has 1 aliphatic carbocycles. The van der Waals surface area contributed by atoms with Gasteiger partial charge in [0, 0.05) is 30.5 Å². The third-order valence-corrected chi connectivity index (χ3v) is 10.9. The van der Waals surface area contributed by atoms with E-state index in [-0.39, 0.29) is 41.2 Å². The number of carbonyl (C=O) groups is 5. The summed E-state index contributed by atoms with van der Waals surface area (Å²) >= 11 is 0. The SMILES string of the molecule is CCC(CC)(c1ccc(C[C@H]2C[C@@H](Nc3ccc4c(c3)C(=O)N(C3CCC(=O)NC3=O)C4=O)C2)cc1)c1ccc(Oc2cnc(C(C)=O)cn2)cc1. The van der Waals surface area contributed by atoms with Gasteiger partial charge < -0.3 is 10.1 Å². The first kappa shape index (κ1) is 34.7. The number of nitrogens with one attached hydrogen (secondary N) is 2. The lowest BCUT2D eigenvalue weighted by Crippen LogP contribution is -2.54. The molecule has 11 nitrogen and oxygen atoms in total. The number of Topliss-reactive ketones (excluding diaryl/α,β-unsaturated/α-hetero) is 1. The number of rotatable bonds is 12. The lowest BCUT2D eigenvalue weighted by molar-refractivity contribution is -0.136. The Morgan fingerprint density at radius 1 is 0.885 bits per heavy atom. The van der Waals surface area contributed by atoms with Crippen molar-refractivity contribution in [2.45, 2.75) is 83.2 Å². The lowest BCUT2D eigenvalue weighted by atomic mass is 9.70. The number of carbonyl (C=O) groups excluding carboxylic acids is 5. The summed E-state index contributed by atoms with van der Waals surface area (Å²) in [6.07, 6.45) is 7.93. The highest BCUT2D eigenvalue weighted by atomic mass is 16.5. The summed E-state index contributed by atoms with van der Waals surface area (Å²) in [7, 11) is 0. The van der Waals surface area contributed by atoms with Crippen LogP contribution in [-0.2, 0) is 21.4 Å². The molecule has 0 bridgehead atoms. The summed E-state index contributed by atoms with van der Waals surface area (Å²) in [4.78, 5) is 71.0. The standard InChI is InChI=1S/C41H41N5O6/c1-4-41(5-2,28-10-13-31(14-11-28)52-37-23-42-34(22-43-37)24(3)47)27-8-6-25(7-9-27)18-26-19-30(20-26)44-29-12-15-32-33(21-29)40(51)46(39(32)50)35-16-17-36(48)45-38(35)49/h6-15,21-23,26,30,35,44H,4-5,16-20H2,1-3H3,(H,45,48,49)/t26-,30+,35?. The van der Waals surface area contributed by atoms with E-state index in [2.05, 4.69) is 70.8 Å². The molecule has 1 aromatic heterocycles. The van der Waals surface area contributed by atoms with Crippen LogP contribution in [0.1, 0.15) is 107 Å². The number of anilines is 1. The summed E-state index contributed by atoms with van der Waals surface area (Å²) in [5.74, 6) is -0.646. The maximum atomic E-state index is 13.2. The van der Waals surface area contributed by atoms with Crippen LogP contribution in [0.15, 0.2) is 79.1 Å². The highest BCUT2D eigenvalue weighted by Crippen LogP contribution is 2.41. The van der Waals surface area contributed by atoms with Crippen molar-refractivity contribution in [3.05, 3.63) is 113 Å². The van der Waals surface area contributed by atoms with E-state index in [1.807, 2.05) is 18.2 Å². The van der Waals surface area contributed by atoms with Crippen LogP contribution in [0.4, 0.5) is 5.69 Å². The van der Waals surface area contributed by atoms with Crippen LogP contribution in [0.25, 0.3) is 0 Å². The van der Waals surface area contributed by atoms with E-state index in [0.29, 0.717) is 23.2 Å². The van der Waals surface area contributed by atoms with Gasteiger partial charge in [0.05, 0.1) is 23.5 Å². The van der Waals surface area contributed by atoms with E-state index >= 15 is 0 Å². The second-order valence-corrected chi connectivity index (χ2v) is 14.0. The van der Waals surface area contributed by atoms with Gasteiger partial charge in [-0.2, -0.15) is 0 Å². The summed E-state index contributed by atoms with van der Waals surface area (Å²) in [6.45, 7) is 5.89. The molecule has 1 atom stereocenters. The smallest absolute Gasteiger partial charge is 0.262 e. The van der Waals surface area contributed by atoms with E-state index < -0.39 is 29.7 Å². The monoisotopic (exact) mass is 699 g/mol. The Hall–Kier alpha value is -5.71. The van der Waals surface area contributed by atoms with Crippen LogP contribution in [0.3, 0.4) is 0 Å². The number of benzene rings is 3. The zero-order valence-electron chi connectivity index (χ0n) is 29.5. The normalized spacial score (nSPS) is 19.9. The zero-order chi connectivity index (χ0) is 36.6. The van der Waals surface area contributed by atoms with Gasteiger partial charge in [0.25, 0.3) is 11.8 Å². The van der Waals surface area contributed by atoms with Crippen molar-refractivity contribution in [2.24, 2.45) is 5.92 Å². The Balaban J connectivity index is 0.941. The summed E-state index contributed by atoms with van der Waals surface area (Å²) in [6, 6.07) is 21.5. The minimum Gasteiger partial charge on any atom is -0.438 e. The van der Waals surface area contributed by atoms with Gasteiger partial charge in [-0.05, 0) is 91.5 Å². The number of amides is 4. The van der Waals surface area contributed by atoms with Crippen LogP contribution in [0, 0.1) is 5.92 Å². The van der Waals surface area contributed by atoms with Crippen molar-refractivity contribution in [2.75, 3.05) is 5.32 Å². The maximum absolute atomic E-state index is 13.2. The molecule has 7 rings (SSSR count). The Labute approximate surface area is 302 Å². The first-order valence-corrected chi connectivity index (χ1v) is 17.9. The molecule has 3 aliphatic rings. The van der Waals surface area contributed by atoms with Gasteiger partial charge >= 0.3 is 0 Å². The van der Waals surface area contributed by atoms with Gasteiger partial charge in [0.1, 0.15) is 17.5 Å². The number of nitrogens with zero attached hydrogens (tertiary/aromatic N) is 3. The summed E-state index contributed by atoms with van der Waals surface area (Å²) < 4.78 is 5.88. The molecule has 3 aromatic carbocycles. The number of fused-ring (bicyclic) bond motifs is 1. The molecule has 3 heterocycles. The molecule has 4 amide bonds. The molecule has 1 unspecified atom stereocenters. The zero-order valence-corrected chi connectivity index (χ0v) is 29.5. The molecule has 0 spiro atoms. The average Bonchev–Trinajstić information content (AvgIpc) is 3.37. The van der Waals surface area contributed by atoms with Crippen molar-refractivity contribution in [3.63, 3.8) is 0 Å². The highest BCUT2D eigenvalue weighted by Gasteiger charge is 2.45. The molecule has 0 radical (unpaired) electrons. The van der Waals surface area contributed by atoms with Crippen molar-refractivity contribution < 1.29 is 28.7 Å². The van der Waals surface area contributed by atoms with E-state index in [1.54, 1.807) is 12.1 Å². The van der Waals surface area contributed by atoms with Crippen LogP contribution in [0.2, 0.25) is 0 Å². The molecule has 4 aromatic rings. The van der Waals surface area contributed by atoms with E-state index in [1.165, 1.54) is 36.0 Å². The number of ether oxygens (including phenoxy) is 1. The number of aromatic nitrogens is 2. The second kappa shape index (κ2) is 14.1. The van der Waals surface area contributed by atoms with E-state index in [4.69, 9.17) is 4.74 Å². The van der Waals surface area contributed by atoms with Gasteiger partial charge in [-0.1, -0.05) is 50.2 Å². The van der Waals surface area contributed by atoms with E-state index in [9.17, 15) is 24.0 Å². The summed E-state index contributed by atoms with van der Waals surface area (Å²) in [5.41, 5.74) is 5.26. The average molecular weight is 700 g/mol. The molecule has 2 aliphatic heterocycles. The fourth-order valence-corrected chi connectivity index (χ4v) is 7.86. The molecular weight excluding hydrogens is 658 g/mol. The highest BCUT2D eigenvalue weighted by molar-refractivity contribution is 6.23. The van der Waals surface area contributed by atoms with Crippen LogP contribution in [0.5, 0.6) is 11.6 Å². The Kier molecular flexibility index (Phi) is 9.44. The predicted octanol–water partition coefficient (Wildman–Crippen LogP) is 6.41. The largest absolute Gasteiger partial charge is 0.438 e. The molecule has 1 saturated carbocycles. The molecular formula is C41H41N5O6. The first-order chi connectivity index (χ1) is 25.1. The number of piperidine rings is 1. The number of hydrogen-bond donors (Lipinski definition) is 2. The minimum absolute atomic E-state index is 0.0896. The van der Waals surface area contributed by atoms with Crippen LogP contribution >= 0.6 is 0 Å². The van der Waals surface area contributed by atoms with Crippen molar-refractivity contribution in [3.8, 4) is 11.6 Å². The van der Waals surface area contributed by atoms with Crippen molar-refractivity contribution >= 4 is 35.1 Å². The Morgan fingerprint density at radius 3 is 2.17 bits per heavy atom. The third kappa shape index (κ3) is 6.58. The molecule has 1 saturated heterocycles. The predicted molar refractivity (Wildman–Crippen MR) is 193 cm³/mol. The fraction of sp³-hybridized carbons (Fsp3) is 0.341. The second-order valence-electron chi connectivity index (χ2n) is 14.0. The lowest BCUT2D eigenvalue weighted by Gasteiger charge is -2.37. The summed E-state index contributed by atoms with van der Waals surface area (Å²) in [5, 5.41) is 5.75.